The molecule has 1 aromatic carbocycles. The zero-order chi connectivity index (χ0) is 17.2. The molecule has 1 aromatic heterocycles. The third kappa shape index (κ3) is 7.25. The molecule has 0 bridgehead atoms. The maximum absolute atomic E-state index is 5.93. The van der Waals surface area contributed by atoms with Crippen molar-refractivity contribution in [1.29, 1.82) is 0 Å². The van der Waals surface area contributed by atoms with Crippen molar-refractivity contribution in [2.75, 3.05) is 20.2 Å². The highest BCUT2D eigenvalue weighted by atomic mass is 127. The largest absolute Gasteiger partial charge is 0.493 e. The lowest BCUT2D eigenvalue weighted by molar-refractivity contribution is 0.213. The molecule has 138 valence electrons. The molecule has 1 unspecified atom stereocenters. The monoisotopic (exact) mass is 459 g/mol. The van der Waals surface area contributed by atoms with E-state index >= 15 is 0 Å². The molecule has 0 fully saturated rings. The Kier molecular flexibility index (Phi) is 9.83. The van der Waals surface area contributed by atoms with Crippen LogP contribution in [0.4, 0.5) is 0 Å². The van der Waals surface area contributed by atoms with Crippen molar-refractivity contribution >= 4 is 29.9 Å². The minimum Gasteiger partial charge on any atom is -0.493 e. The first-order valence-corrected chi connectivity index (χ1v) is 8.07. The Labute approximate surface area is 166 Å². The predicted molar refractivity (Wildman–Crippen MR) is 110 cm³/mol. The van der Waals surface area contributed by atoms with Gasteiger partial charge in [-0.15, -0.1) is 24.0 Å². The Bertz CT molecular complexity index is 632. The number of aliphatic imine (C=N–C) groups is 1. The Morgan fingerprint density at radius 3 is 2.56 bits per heavy atom. The van der Waals surface area contributed by atoms with Crippen molar-refractivity contribution < 1.29 is 13.9 Å². The maximum Gasteiger partial charge on any atom is 0.191 e. The molecular formula is C18H26IN3O3. The number of benzene rings is 1. The van der Waals surface area contributed by atoms with E-state index in [9.17, 15) is 0 Å². The van der Waals surface area contributed by atoms with Crippen molar-refractivity contribution in [2.45, 2.75) is 26.5 Å². The molecular weight excluding hydrogens is 433 g/mol. The first-order valence-electron chi connectivity index (χ1n) is 8.07. The molecule has 0 aliphatic rings. The van der Waals surface area contributed by atoms with Crippen molar-refractivity contribution in [1.82, 2.24) is 10.6 Å². The molecule has 1 heterocycles. The van der Waals surface area contributed by atoms with Gasteiger partial charge >= 0.3 is 0 Å². The Hall–Kier alpha value is -1.90. The van der Waals surface area contributed by atoms with E-state index in [0.29, 0.717) is 13.1 Å². The van der Waals surface area contributed by atoms with E-state index in [1.165, 1.54) is 0 Å². The summed E-state index contributed by atoms with van der Waals surface area (Å²) in [5, 5.41) is 6.48. The molecule has 0 aliphatic heterocycles. The predicted octanol–water partition coefficient (Wildman–Crippen LogP) is 3.43. The fourth-order valence-corrected chi connectivity index (χ4v) is 2.12. The van der Waals surface area contributed by atoms with E-state index in [4.69, 9.17) is 13.9 Å². The van der Waals surface area contributed by atoms with Gasteiger partial charge in [0.1, 0.15) is 18.4 Å². The summed E-state index contributed by atoms with van der Waals surface area (Å²) in [7, 11) is 1.63. The molecule has 2 aromatic rings. The van der Waals surface area contributed by atoms with Crippen LogP contribution in [0.2, 0.25) is 0 Å². The number of rotatable bonds is 8. The van der Waals surface area contributed by atoms with Crippen LogP contribution in [-0.2, 0) is 6.54 Å². The number of guanidine groups is 1. The lowest BCUT2D eigenvalue weighted by Gasteiger charge is -2.18. The van der Waals surface area contributed by atoms with Gasteiger partial charge < -0.3 is 24.5 Å². The van der Waals surface area contributed by atoms with Crippen LogP contribution in [0.1, 0.15) is 19.6 Å². The average molecular weight is 459 g/mol. The van der Waals surface area contributed by atoms with Gasteiger partial charge in [-0.25, -0.2) is 4.99 Å². The van der Waals surface area contributed by atoms with Crippen molar-refractivity contribution in [3.05, 3.63) is 48.4 Å². The lowest BCUT2D eigenvalue weighted by atomic mass is 10.3. The smallest absolute Gasteiger partial charge is 0.191 e. The Balaban J connectivity index is 0.00000312. The first kappa shape index (κ1) is 21.1. The zero-order valence-electron chi connectivity index (χ0n) is 14.8. The molecule has 1 atom stereocenters. The van der Waals surface area contributed by atoms with Crippen LogP contribution in [0.25, 0.3) is 0 Å². The number of methoxy groups -OCH3 is 1. The fraction of sp³-hybridized carbons (Fsp3) is 0.389. The fourth-order valence-electron chi connectivity index (χ4n) is 2.12. The zero-order valence-corrected chi connectivity index (χ0v) is 17.2. The van der Waals surface area contributed by atoms with Gasteiger partial charge in [-0.3, -0.25) is 0 Å². The van der Waals surface area contributed by atoms with Crippen LogP contribution in [0.5, 0.6) is 11.5 Å². The van der Waals surface area contributed by atoms with E-state index in [1.54, 1.807) is 13.4 Å². The van der Waals surface area contributed by atoms with Crippen molar-refractivity contribution in [3.8, 4) is 11.5 Å². The third-order valence-electron chi connectivity index (χ3n) is 3.27. The molecule has 0 saturated heterocycles. The minimum absolute atomic E-state index is 0. The van der Waals surface area contributed by atoms with Crippen LogP contribution >= 0.6 is 24.0 Å². The Morgan fingerprint density at radius 1 is 1.16 bits per heavy atom. The highest BCUT2D eigenvalue weighted by Gasteiger charge is 2.09. The van der Waals surface area contributed by atoms with Crippen LogP contribution in [-0.4, -0.2) is 32.3 Å². The van der Waals surface area contributed by atoms with E-state index in [-0.39, 0.29) is 30.1 Å². The van der Waals surface area contributed by atoms with Gasteiger partial charge in [0.05, 0.1) is 19.9 Å². The molecule has 0 aliphatic carbocycles. The Morgan fingerprint density at radius 2 is 1.92 bits per heavy atom. The summed E-state index contributed by atoms with van der Waals surface area (Å²) >= 11 is 0. The van der Waals surface area contributed by atoms with E-state index in [0.717, 1.165) is 29.8 Å². The van der Waals surface area contributed by atoms with E-state index in [2.05, 4.69) is 15.6 Å². The topological polar surface area (TPSA) is 68.0 Å². The number of hydrogen-bond acceptors (Lipinski definition) is 4. The number of nitrogens with zero attached hydrogens (tertiary/aromatic N) is 1. The van der Waals surface area contributed by atoms with Crippen molar-refractivity contribution in [3.63, 3.8) is 0 Å². The number of ether oxygens (including phenoxy) is 2. The number of halogens is 1. The number of hydrogen-bond donors (Lipinski definition) is 2. The molecule has 0 radical (unpaired) electrons. The van der Waals surface area contributed by atoms with Gasteiger partial charge in [-0.1, -0.05) is 12.1 Å². The molecule has 0 spiro atoms. The summed E-state index contributed by atoms with van der Waals surface area (Å²) in [6, 6.07) is 11.4. The average Bonchev–Trinajstić information content (AvgIpc) is 3.11. The van der Waals surface area contributed by atoms with Crippen LogP contribution in [0.15, 0.2) is 52.1 Å². The summed E-state index contributed by atoms with van der Waals surface area (Å²) in [4.78, 5) is 4.49. The van der Waals surface area contributed by atoms with Crippen LogP contribution in [0.3, 0.4) is 0 Å². The van der Waals surface area contributed by atoms with Gasteiger partial charge in [0.2, 0.25) is 0 Å². The number of nitrogens with one attached hydrogen (secondary N) is 2. The highest BCUT2D eigenvalue weighted by Crippen LogP contribution is 2.26. The molecule has 0 amide bonds. The lowest BCUT2D eigenvalue weighted by Crippen LogP contribution is -2.41. The summed E-state index contributed by atoms with van der Waals surface area (Å²) in [6.45, 7) is 5.91. The SMILES string of the molecule is CCNC(=NCc1ccco1)NCC(C)Oc1ccccc1OC.I. The third-order valence-corrected chi connectivity index (χ3v) is 3.27. The van der Waals surface area contributed by atoms with Crippen LogP contribution in [0, 0.1) is 0 Å². The standard InChI is InChI=1S/C18H25N3O3.HI/c1-4-19-18(21-13-15-8-7-11-23-15)20-12-14(2)24-17-10-6-5-9-16(17)22-3;/h5-11,14H,4,12-13H2,1-3H3,(H2,19,20,21);1H. The molecule has 25 heavy (non-hydrogen) atoms. The van der Waals surface area contributed by atoms with Gasteiger partial charge in [-0.05, 0) is 38.1 Å². The highest BCUT2D eigenvalue weighted by molar-refractivity contribution is 14.0. The second kappa shape index (κ2) is 11.6. The van der Waals surface area contributed by atoms with E-state index < -0.39 is 0 Å². The minimum atomic E-state index is -0.0474. The second-order valence-corrected chi connectivity index (χ2v) is 5.23. The summed E-state index contributed by atoms with van der Waals surface area (Å²) < 4.78 is 16.5. The van der Waals surface area contributed by atoms with Crippen LogP contribution < -0.4 is 20.1 Å². The normalized spacial score (nSPS) is 12.0. The molecule has 2 N–H and O–H groups in total. The van der Waals surface area contributed by atoms with Gasteiger partial charge in [-0.2, -0.15) is 0 Å². The number of para-hydroxylation sites is 2. The first-order chi connectivity index (χ1) is 11.7. The van der Waals surface area contributed by atoms with Crippen molar-refractivity contribution in [2.24, 2.45) is 4.99 Å². The maximum atomic E-state index is 5.93. The second-order valence-electron chi connectivity index (χ2n) is 5.23. The summed E-state index contributed by atoms with van der Waals surface area (Å²) in [5.74, 6) is 3.00. The molecule has 0 saturated carbocycles. The molecule has 6 nitrogen and oxygen atoms in total. The summed E-state index contributed by atoms with van der Waals surface area (Å²) in [6.07, 6.45) is 1.60. The molecule has 7 heteroatoms. The molecule has 2 rings (SSSR count). The van der Waals surface area contributed by atoms with Gasteiger partial charge in [0.25, 0.3) is 0 Å². The number of furan rings is 1. The summed E-state index contributed by atoms with van der Waals surface area (Å²) in [5.41, 5.74) is 0. The quantitative estimate of drug-likeness (QED) is 0.360. The van der Waals surface area contributed by atoms with Gasteiger partial charge in [0.15, 0.2) is 17.5 Å². The van der Waals surface area contributed by atoms with E-state index in [1.807, 2.05) is 50.2 Å². The van der Waals surface area contributed by atoms with Gasteiger partial charge in [0, 0.05) is 6.54 Å².